The Bertz CT molecular complexity index is 949. The number of nitrogens with one attached hydrogen (secondary N) is 3. The third kappa shape index (κ3) is 6.12. The summed E-state index contributed by atoms with van der Waals surface area (Å²) in [7, 11) is 0. The maximum absolute atomic E-state index is 12.9. The average molecular weight is 574 g/mol. The third-order valence-electron chi connectivity index (χ3n) is 10.3. The first-order valence-electron chi connectivity index (χ1n) is 16.2. The van der Waals surface area contributed by atoms with Crippen LogP contribution in [0, 0.1) is 10.8 Å². The molecule has 3 saturated heterocycles. The predicted octanol–water partition coefficient (Wildman–Crippen LogP) is 4.61. The quantitative estimate of drug-likeness (QED) is 0.219. The Morgan fingerprint density at radius 2 is 1.05 bits per heavy atom. The zero-order valence-corrected chi connectivity index (χ0v) is 25.4. The first-order valence-corrected chi connectivity index (χ1v) is 16.2. The molecule has 0 radical (unpaired) electrons. The minimum Gasteiger partial charge on any atom is -0.350 e. The molecule has 4 rings (SSSR count). The summed E-state index contributed by atoms with van der Waals surface area (Å²) in [6, 6.07) is -2.79. The first kappa shape index (κ1) is 31.3. The number of imide groups is 2. The highest BCUT2D eigenvalue weighted by Gasteiger charge is 2.81. The summed E-state index contributed by atoms with van der Waals surface area (Å²) < 4.78 is 0. The van der Waals surface area contributed by atoms with Crippen molar-refractivity contribution in [2.75, 3.05) is 13.1 Å². The smallest absolute Gasteiger partial charge is 0.324 e. The van der Waals surface area contributed by atoms with Gasteiger partial charge in [0.2, 0.25) is 17.7 Å². The standard InChI is InChI=1S/C31H51N5O5/c1-4-5-6-7-8-9-10-11-12-13-14-15-16-17-18-19-23(37)32-22-20-35-24-25-31(3,27(39)34-29(41)36(25)21-22)30(24,2)26(38)33-28(35)40/h22,24-25H,4-21H2,1-3H3,(H,32,37)(H,33,38,40)(H,34,39,41). The molecule has 1 aliphatic carbocycles. The highest BCUT2D eigenvalue weighted by Crippen LogP contribution is 2.63. The van der Waals surface area contributed by atoms with Crippen LogP contribution in [0.15, 0.2) is 0 Å². The third-order valence-corrected chi connectivity index (χ3v) is 10.3. The maximum atomic E-state index is 12.9. The maximum Gasteiger partial charge on any atom is 0.324 e. The number of hydrogen-bond donors (Lipinski definition) is 3. The van der Waals surface area contributed by atoms with Gasteiger partial charge in [-0.3, -0.25) is 25.0 Å². The van der Waals surface area contributed by atoms with E-state index < -0.39 is 52.8 Å². The molecule has 7 amide bonds. The molecule has 0 bridgehead atoms. The van der Waals surface area contributed by atoms with Crippen molar-refractivity contribution in [3.63, 3.8) is 0 Å². The van der Waals surface area contributed by atoms with Gasteiger partial charge in [-0.25, -0.2) is 9.59 Å². The molecule has 3 heterocycles. The van der Waals surface area contributed by atoms with Crippen LogP contribution in [0.5, 0.6) is 0 Å². The second-order valence-electron chi connectivity index (χ2n) is 13.1. The fourth-order valence-corrected chi connectivity index (χ4v) is 7.68. The molecular formula is C31H51N5O5. The van der Waals surface area contributed by atoms with E-state index in [0.29, 0.717) is 6.42 Å². The van der Waals surface area contributed by atoms with Gasteiger partial charge >= 0.3 is 12.1 Å². The van der Waals surface area contributed by atoms with E-state index in [1.165, 1.54) is 86.8 Å². The van der Waals surface area contributed by atoms with E-state index in [9.17, 15) is 24.0 Å². The number of fused-ring (bicyclic) bond motifs is 1. The molecule has 10 nitrogen and oxygen atoms in total. The van der Waals surface area contributed by atoms with Gasteiger partial charge < -0.3 is 15.1 Å². The van der Waals surface area contributed by atoms with Gasteiger partial charge in [0.15, 0.2) is 0 Å². The van der Waals surface area contributed by atoms with Gasteiger partial charge in [-0.2, -0.15) is 0 Å². The Hall–Kier alpha value is -2.65. The van der Waals surface area contributed by atoms with E-state index in [4.69, 9.17) is 0 Å². The number of urea groups is 2. The fourth-order valence-electron chi connectivity index (χ4n) is 7.68. The second kappa shape index (κ2) is 13.6. The summed E-state index contributed by atoms with van der Waals surface area (Å²) in [4.78, 5) is 67.4. The van der Waals surface area contributed by atoms with E-state index in [1.807, 2.05) is 0 Å². The molecule has 3 aliphatic heterocycles. The van der Waals surface area contributed by atoms with E-state index in [1.54, 1.807) is 13.8 Å². The van der Waals surface area contributed by atoms with Crippen LogP contribution >= 0.6 is 0 Å². The zero-order chi connectivity index (χ0) is 29.6. The lowest BCUT2D eigenvalue weighted by Gasteiger charge is -2.70. The number of carbonyl (C=O) groups excluding carboxylic acids is 5. The molecule has 0 aromatic carbocycles. The van der Waals surface area contributed by atoms with Crippen LogP contribution < -0.4 is 16.0 Å². The average Bonchev–Trinajstić information content (AvgIpc) is 3.10. The predicted molar refractivity (Wildman–Crippen MR) is 156 cm³/mol. The summed E-state index contributed by atoms with van der Waals surface area (Å²) in [5.74, 6) is -1.10. The van der Waals surface area contributed by atoms with E-state index in [-0.39, 0.29) is 19.0 Å². The largest absolute Gasteiger partial charge is 0.350 e. The fraction of sp³-hybridized carbons (Fsp3) is 0.839. The van der Waals surface area contributed by atoms with Crippen molar-refractivity contribution in [1.29, 1.82) is 0 Å². The van der Waals surface area contributed by atoms with Gasteiger partial charge in [-0.1, -0.05) is 96.8 Å². The molecule has 4 fully saturated rings. The first-order chi connectivity index (χ1) is 19.7. The van der Waals surface area contributed by atoms with E-state index in [0.717, 1.165) is 19.3 Å². The molecule has 4 aliphatic rings. The Morgan fingerprint density at radius 3 is 1.44 bits per heavy atom. The Kier molecular flexibility index (Phi) is 10.3. The summed E-state index contributed by atoms with van der Waals surface area (Å²) in [6.07, 6.45) is 19.3. The van der Waals surface area contributed by atoms with Crippen molar-refractivity contribution in [1.82, 2.24) is 25.8 Å². The molecule has 4 atom stereocenters. The van der Waals surface area contributed by atoms with Crippen molar-refractivity contribution in [2.45, 2.75) is 142 Å². The Labute approximate surface area is 245 Å². The molecule has 230 valence electrons. The Balaban J connectivity index is 1.15. The van der Waals surface area contributed by atoms with Crippen LogP contribution in [0.4, 0.5) is 9.59 Å². The van der Waals surface area contributed by atoms with Crippen molar-refractivity contribution in [3.05, 3.63) is 0 Å². The second-order valence-corrected chi connectivity index (χ2v) is 13.1. The minimum absolute atomic E-state index is 0.105. The SMILES string of the molecule is CCCCCCCCCCCCCCCCCC(=O)NC1CN2C(=O)NC(=O)C3(C)C2C2N(C1)C(=O)NC(=O)C23C. The molecule has 3 N–H and O–H groups in total. The lowest BCUT2D eigenvalue weighted by Crippen LogP contribution is -2.90. The van der Waals surface area contributed by atoms with Crippen LogP contribution in [0.3, 0.4) is 0 Å². The number of amides is 7. The van der Waals surface area contributed by atoms with Gasteiger partial charge in [0.25, 0.3) is 0 Å². The number of rotatable bonds is 17. The molecule has 10 heteroatoms. The van der Waals surface area contributed by atoms with E-state index in [2.05, 4.69) is 22.9 Å². The minimum atomic E-state index is -1.17. The highest BCUT2D eigenvalue weighted by atomic mass is 16.2. The highest BCUT2D eigenvalue weighted by molar-refractivity contribution is 6.11. The molecular weight excluding hydrogens is 522 g/mol. The molecule has 1 saturated carbocycles. The molecule has 0 aromatic heterocycles. The van der Waals surface area contributed by atoms with Gasteiger partial charge in [0, 0.05) is 19.5 Å². The van der Waals surface area contributed by atoms with Gasteiger partial charge in [-0.15, -0.1) is 0 Å². The van der Waals surface area contributed by atoms with Crippen LogP contribution in [-0.2, 0) is 14.4 Å². The van der Waals surface area contributed by atoms with Crippen LogP contribution in [0.1, 0.15) is 124 Å². The van der Waals surface area contributed by atoms with Gasteiger partial charge in [0.1, 0.15) is 0 Å². The monoisotopic (exact) mass is 573 g/mol. The number of unbranched alkanes of at least 4 members (excludes halogenated alkanes) is 14. The van der Waals surface area contributed by atoms with Crippen LogP contribution in [0.25, 0.3) is 0 Å². The summed E-state index contributed by atoms with van der Waals surface area (Å²) in [5, 5.41) is 7.83. The molecule has 0 aromatic rings. The number of carbonyl (C=O) groups is 5. The molecule has 41 heavy (non-hydrogen) atoms. The van der Waals surface area contributed by atoms with Crippen LogP contribution in [0.2, 0.25) is 0 Å². The summed E-state index contributed by atoms with van der Waals surface area (Å²) in [6.45, 7) is 5.98. The molecule has 0 spiro atoms. The lowest BCUT2D eigenvalue weighted by atomic mass is 9.42. The molecule has 4 unspecified atom stereocenters. The van der Waals surface area contributed by atoms with E-state index >= 15 is 0 Å². The van der Waals surface area contributed by atoms with Crippen molar-refractivity contribution in [3.8, 4) is 0 Å². The van der Waals surface area contributed by atoms with Gasteiger partial charge in [-0.05, 0) is 20.3 Å². The normalized spacial score (nSPS) is 30.3. The van der Waals surface area contributed by atoms with Crippen molar-refractivity contribution < 1.29 is 24.0 Å². The van der Waals surface area contributed by atoms with Crippen LogP contribution in [-0.4, -0.2) is 70.8 Å². The van der Waals surface area contributed by atoms with Gasteiger partial charge in [0.05, 0.1) is 29.0 Å². The summed E-state index contributed by atoms with van der Waals surface area (Å²) >= 11 is 0. The number of nitrogens with zero attached hydrogens (tertiary/aromatic N) is 2. The summed E-state index contributed by atoms with van der Waals surface area (Å²) in [5.41, 5.74) is -2.33. The van der Waals surface area contributed by atoms with Crippen molar-refractivity contribution in [2.24, 2.45) is 10.8 Å². The van der Waals surface area contributed by atoms with Crippen molar-refractivity contribution >= 4 is 29.8 Å². The Morgan fingerprint density at radius 1 is 0.683 bits per heavy atom. The lowest BCUT2D eigenvalue weighted by molar-refractivity contribution is -0.209. The topological polar surface area (TPSA) is 128 Å². The number of hydrogen-bond acceptors (Lipinski definition) is 5. The zero-order valence-electron chi connectivity index (χ0n) is 25.4.